The fourth-order valence-electron chi connectivity index (χ4n) is 0.475. The maximum atomic E-state index is 10.7. The highest BCUT2D eigenvalue weighted by molar-refractivity contribution is 5.92. The first-order valence-corrected chi connectivity index (χ1v) is 3.14. The van der Waals surface area contributed by atoms with E-state index < -0.39 is 5.97 Å². The van der Waals surface area contributed by atoms with Crippen molar-refractivity contribution in [2.24, 2.45) is 0 Å². The number of carbonyl (C=O) groups is 1. The Morgan fingerprint density at radius 3 is 2.58 bits per heavy atom. The number of hydrogen-bond donors (Lipinski definition) is 0. The van der Waals surface area contributed by atoms with Crippen molar-refractivity contribution in [2.45, 2.75) is 0 Å². The van der Waals surface area contributed by atoms with Crippen LogP contribution in [0.25, 0.3) is 0 Å². The summed E-state index contributed by atoms with van der Waals surface area (Å²) in [5.74, 6) is -0.654. The molecular weight excluding hydrogens is 158 g/mol. The van der Waals surface area contributed by atoms with Gasteiger partial charge in [0.1, 0.15) is 11.6 Å². The fraction of sp³-hybridized carbons (Fsp3) is 0.250. The van der Waals surface area contributed by atoms with E-state index in [1.165, 1.54) is 32.6 Å². The normalized spacial score (nSPS) is 10.9. The SMILES string of the molecule is CO/C=C/C=C(\C#N)C(=O)OC. The number of esters is 1. The number of nitrogens with zero attached hydrogens (tertiary/aromatic N) is 1. The highest BCUT2D eigenvalue weighted by atomic mass is 16.5. The summed E-state index contributed by atoms with van der Waals surface area (Å²) in [5.41, 5.74) is -0.0641. The molecular formula is C8H9NO3. The van der Waals surface area contributed by atoms with E-state index in [9.17, 15) is 4.79 Å². The Bertz CT molecular complexity index is 248. The summed E-state index contributed by atoms with van der Waals surface area (Å²) in [4.78, 5) is 10.7. The second-order valence-electron chi connectivity index (χ2n) is 1.75. The smallest absolute Gasteiger partial charge is 0.348 e. The molecule has 0 atom stereocenters. The first-order valence-electron chi connectivity index (χ1n) is 3.14. The second-order valence-corrected chi connectivity index (χ2v) is 1.75. The third-order valence-electron chi connectivity index (χ3n) is 1.00. The number of hydrogen-bond acceptors (Lipinski definition) is 4. The average Bonchev–Trinajstić information content (AvgIpc) is 2.11. The Kier molecular flexibility index (Phi) is 5.11. The first kappa shape index (κ1) is 10.2. The van der Waals surface area contributed by atoms with E-state index in [0.29, 0.717) is 0 Å². The monoisotopic (exact) mass is 167 g/mol. The van der Waals surface area contributed by atoms with E-state index in [-0.39, 0.29) is 5.57 Å². The van der Waals surface area contributed by atoms with Crippen molar-refractivity contribution in [1.82, 2.24) is 0 Å². The van der Waals surface area contributed by atoms with Crippen molar-refractivity contribution in [3.05, 3.63) is 24.0 Å². The topological polar surface area (TPSA) is 59.3 Å². The average molecular weight is 167 g/mol. The summed E-state index contributed by atoms with van der Waals surface area (Å²) in [6, 6.07) is 1.69. The van der Waals surface area contributed by atoms with Crippen LogP contribution in [0.1, 0.15) is 0 Å². The molecule has 0 aliphatic carbocycles. The fourth-order valence-corrected chi connectivity index (χ4v) is 0.475. The lowest BCUT2D eigenvalue weighted by molar-refractivity contribution is -0.135. The van der Waals surface area contributed by atoms with E-state index in [2.05, 4.69) is 9.47 Å². The Morgan fingerprint density at radius 2 is 2.17 bits per heavy atom. The maximum absolute atomic E-state index is 10.7. The second kappa shape index (κ2) is 5.98. The molecule has 0 N–H and O–H groups in total. The van der Waals surface area contributed by atoms with Crippen molar-refractivity contribution in [2.75, 3.05) is 14.2 Å². The van der Waals surface area contributed by atoms with Crippen molar-refractivity contribution in [1.29, 1.82) is 5.26 Å². The van der Waals surface area contributed by atoms with Gasteiger partial charge >= 0.3 is 5.97 Å². The predicted octanol–water partition coefficient (Wildman–Crippen LogP) is 0.769. The van der Waals surface area contributed by atoms with Gasteiger partial charge < -0.3 is 9.47 Å². The lowest BCUT2D eigenvalue weighted by Gasteiger charge is -1.92. The van der Waals surface area contributed by atoms with E-state index in [1.54, 1.807) is 6.07 Å². The van der Waals surface area contributed by atoms with E-state index in [1.807, 2.05) is 0 Å². The number of rotatable bonds is 3. The third-order valence-corrected chi connectivity index (χ3v) is 1.00. The standard InChI is InChI=1S/C8H9NO3/c1-11-5-3-4-7(6-9)8(10)12-2/h3-5H,1-2H3/b5-3+,7-4+. The van der Waals surface area contributed by atoms with Crippen LogP contribution in [0.2, 0.25) is 0 Å². The molecule has 0 unspecified atom stereocenters. The van der Waals surface area contributed by atoms with E-state index in [0.717, 1.165) is 0 Å². The highest BCUT2D eigenvalue weighted by Gasteiger charge is 2.05. The molecule has 4 heteroatoms. The van der Waals surface area contributed by atoms with Crippen LogP contribution in [0.4, 0.5) is 0 Å². The molecule has 0 bridgehead atoms. The van der Waals surface area contributed by atoms with Crippen LogP contribution in [0.15, 0.2) is 24.0 Å². The third kappa shape index (κ3) is 3.42. The van der Waals surface area contributed by atoms with Gasteiger partial charge in [0.05, 0.1) is 20.5 Å². The molecule has 0 aromatic rings. The van der Waals surface area contributed by atoms with Crippen LogP contribution < -0.4 is 0 Å². The zero-order valence-electron chi connectivity index (χ0n) is 6.90. The molecule has 0 saturated carbocycles. The van der Waals surface area contributed by atoms with Gasteiger partial charge in [0, 0.05) is 0 Å². The molecule has 12 heavy (non-hydrogen) atoms. The molecule has 0 rings (SSSR count). The van der Waals surface area contributed by atoms with Crippen molar-refractivity contribution in [3.63, 3.8) is 0 Å². The van der Waals surface area contributed by atoms with Gasteiger partial charge in [0.25, 0.3) is 0 Å². The molecule has 0 saturated heterocycles. The molecule has 0 aliphatic heterocycles. The minimum atomic E-state index is -0.654. The Hall–Kier alpha value is -1.76. The van der Waals surface area contributed by atoms with Gasteiger partial charge in [-0.3, -0.25) is 0 Å². The van der Waals surface area contributed by atoms with Gasteiger partial charge in [-0.1, -0.05) is 0 Å². The Labute approximate surface area is 70.7 Å². The molecule has 0 aromatic heterocycles. The van der Waals surface area contributed by atoms with Gasteiger partial charge in [-0.05, 0) is 12.2 Å². The number of carbonyl (C=O) groups excluding carboxylic acids is 1. The zero-order chi connectivity index (χ0) is 9.40. The van der Waals surface area contributed by atoms with E-state index >= 15 is 0 Å². The lowest BCUT2D eigenvalue weighted by atomic mass is 10.3. The van der Waals surface area contributed by atoms with Crippen molar-refractivity contribution < 1.29 is 14.3 Å². The van der Waals surface area contributed by atoms with Gasteiger partial charge in [0.2, 0.25) is 0 Å². The maximum Gasteiger partial charge on any atom is 0.348 e. The largest absolute Gasteiger partial charge is 0.504 e. The zero-order valence-corrected chi connectivity index (χ0v) is 6.90. The van der Waals surface area contributed by atoms with Crippen LogP contribution >= 0.6 is 0 Å². The molecule has 0 radical (unpaired) electrons. The number of nitriles is 1. The number of allylic oxidation sites excluding steroid dienone is 2. The molecule has 0 spiro atoms. The molecule has 64 valence electrons. The summed E-state index contributed by atoms with van der Waals surface area (Å²) in [7, 11) is 2.68. The summed E-state index contributed by atoms with van der Waals surface area (Å²) in [6.07, 6.45) is 4.10. The van der Waals surface area contributed by atoms with Crippen LogP contribution in [0.3, 0.4) is 0 Å². The number of ether oxygens (including phenoxy) is 2. The summed E-state index contributed by atoms with van der Waals surface area (Å²) in [6.45, 7) is 0. The minimum Gasteiger partial charge on any atom is -0.504 e. The van der Waals surface area contributed by atoms with Crippen LogP contribution in [-0.2, 0) is 14.3 Å². The lowest BCUT2D eigenvalue weighted by Crippen LogP contribution is -2.02. The first-order chi connectivity index (χ1) is 5.76. The minimum absolute atomic E-state index is 0.0641. The number of methoxy groups -OCH3 is 2. The van der Waals surface area contributed by atoms with Gasteiger partial charge in [0.15, 0.2) is 0 Å². The molecule has 0 heterocycles. The Balaban J connectivity index is 4.36. The highest BCUT2D eigenvalue weighted by Crippen LogP contribution is 1.95. The van der Waals surface area contributed by atoms with Crippen LogP contribution in [0.5, 0.6) is 0 Å². The van der Waals surface area contributed by atoms with Crippen LogP contribution in [0, 0.1) is 11.3 Å². The molecule has 0 aromatic carbocycles. The molecule has 4 nitrogen and oxygen atoms in total. The summed E-state index contributed by atoms with van der Waals surface area (Å²) < 4.78 is 8.89. The van der Waals surface area contributed by atoms with Gasteiger partial charge in [-0.15, -0.1) is 0 Å². The van der Waals surface area contributed by atoms with Crippen molar-refractivity contribution >= 4 is 5.97 Å². The summed E-state index contributed by atoms with van der Waals surface area (Å²) in [5, 5.41) is 8.43. The summed E-state index contributed by atoms with van der Waals surface area (Å²) >= 11 is 0. The van der Waals surface area contributed by atoms with Crippen LogP contribution in [-0.4, -0.2) is 20.2 Å². The Morgan fingerprint density at radius 1 is 1.50 bits per heavy atom. The van der Waals surface area contributed by atoms with Gasteiger partial charge in [-0.25, -0.2) is 4.79 Å². The molecule has 0 amide bonds. The quantitative estimate of drug-likeness (QED) is 0.205. The van der Waals surface area contributed by atoms with Crippen molar-refractivity contribution in [3.8, 4) is 6.07 Å². The molecule has 0 aliphatic rings. The van der Waals surface area contributed by atoms with Gasteiger partial charge in [-0.2, -0.15) is 5.26 Å². The predicted molar refractivity (Wildman–Crippen MR) is 41.9 cm³/mol. The van der Waals surface area contributed by atoms with E-state index in [4.69, 9.17) is 5.26 Å². The molecule has 0 fully saturated rings.